The number of aromatic nitrogens is 2. The van der Waals surface area contributed by atoms with Crippen LogP contribution in [0.25, 0.3) is 10.9 Å². The largest absolute Gasteiger partial charge is 0.445 e. The number of fused-ring (bicyclic) bond motifs is 1. The van der Waals surface area contributed by atoms with Crippen molar-refractivity contribution in [3.05, 3.63) is 66.0 Å². The van der Waals surface area contributed by atoms with Gasteiger partial charge in [-0.05, 0) is 23.8 Å². The van der Waals surface area contributed by atoms with Crippen molar-refractivity contribution in [2.75, 3.05) is 31.1 Å². The number of hydrogen-bond acceptors (Lipinski definition) is 6. The third-order valence-electron chi connectivity index (χ3n) is 4.89. The Morgan fingerprint density at radius 1 is 1.07 bits per heavy atom. The molecular formula is C21H23N5O2. The van der Waals surface area contributed by atoms with Crippen LogP contribution in [-0.4, -0.2) is 47.1 Å². The van der Waals surface area contributed by atoms with Gasteiger partial charge in [0.2, 0.25) is 0 Å². The molecule has 4 rings (SSSR count). The molecule has 144 valence electrons. The summed E-state index contributed by atoms with van der Waals surface area (Å²) in [6.07, 6.45) is 1.53. The lowest BCUT2D eigenvalue weighted by Crippen LogP contribution is -2.49. The van der Waals surface area contributed by atoms with Crippen LogP contribution in [0.5, 0.6) is 0 Å². The first-order chi connectivity index (χ1) is 13.7. The van der Waals surface area contributed by atoms with Gasteiger partial charge in [-0.15, -0.1) is 0 Å². The first-order valence-electron chi connectivity index (χ1n) is 9.39. The van der Waals surface area contributed by atoms with Crippen LogP contribution in [0.1, 0.15) is 11.3 Å². The lowest BCUT2D eigenvalue weighted by Gasteiger charge is -2.34. The average Bonchev–Trinajstić information content (AvgIpc) is 2.77. The molecule has 1 aliphatic rings. The van der Waals surface area contributed by atoms with Gasteiger partial charge >= 0.3 is 6.09 Å². The summed E-state index contributed by atoms with van der Waals surface area (Å²) in [6.45, 7) is 3.34. The number of amides is 1. The molecule has 2 N–H and O–H groups in total. The average molecular weight is 377 g/mol. The zero-order chi connectivity index (χ0) is 19.3. The molecule has 0 bridgehead atoms. The third-order valence-corrected chi connectivity index (χ3v) is 4.89. The summed E-state index contributed by atoms with van der Waals surface area (Å²) in [5, 5.41) is 0.990. The molecule has 0 aliphatic carbocycles. The van der Waals surface area contributed by atoms with Gasteiger partial charge in [0.1, 0.15) is 12.4 Å². The van der Waals surface area contributed by atoms with Crippen molar-refractivity contribution in [1.29, 1.82) is 0 Å². The first kappa shape index (κ1) is 18.2. The number of pyridine rings is 2. The Morgan fingerprint density at radius 3 is 2.61 bits per heavy atom. The quantitative estimate of drug-likeness (QED) is 0.752. The summed E-state index contributed by atoms with van der Waals surface area (Å²) in [6, 6.07) is 15.6. The molecule has 7 heteroatoms. The number of nitrogens with zero attached hydrogens (tertiary/aromatic N) is 4. The lowest BCUT2D eigenvalue weighted by atomic mass is 10.2. The van der Waals surface area contributed by atoms with E-state index in [-0.39, 0.29) is 6.09 Å². The fraction of sp³-hybridized carbons (Fsp3) is 0.286. The van der Waals surface area contributed by atoms with Crippen molar-refractivity contribution >= 4 is 22.8 Å². The van der Waals surface area contributed by atoms with E-state index < -0.39 is 0 Å². The number of carbonyl (C=O) groups excluding carboxylic acids is 1. The van der Waals surface area contributed by atoms with Gasteiger partial charge in [-0.2, -0.15) is 0 Å². The van der Waals surface area contributed by atoms with E-state index in [1.54, 1.807) is 11.1 Å². The van der Waals surface area contributed by atoms with Crippen molar-refractivity contribution < 1.29 is 9.53 Å². The number of ether oxygens (including phenoxy) is 1. The van der Waals surface area contributed by atoms with E-state index in [1.165, 1.54) is 0 Å². The molecule has 0 atom stereocenters. The standard InChI is InChI=1S/C21H23N5O2/c22-13-18-12-19-17(14-23-18)6-7-20(24-19)25-8-10-26(11-9-25)21(27)28-15-16-4-2-1-3-5-16/h1-7,12,14H,8-11,13,15,22H2. The minimum atomic E-state index is -0.270. The minimum Gasteiger partial charge on any atom is -0.445 e. The zero-order valence-corrected chi connectivity index (χ0v) is 15.6. The molecule has 0 saturated carbocycles. The summed E-state index contributed by atoms with van der Waals surface area (Å²) in [7, 11) is 0. The van der Waals surface area contributed by atoms with Crippen LogP contribution in [-0.2, 0) is 17.9 Å². The monoisotopic (exact) mass is 377 g/mol. The van der Waals surface area contributed by atoms with Crippen LogP contribution in [0.15, 0.2) is 54.7 Å². The van der Waals surface area contributed by atoms with Crippen LogP contribution in [0.4, 0.5) is 10.6 Å². The normalized spacial score (nSPS) is 14.3. The summed E-state index contributed by atoms with van der Waals surface area (Å²) in [5.41, 5.74) is 8.37. The Morgan fingerprint density at radius 2 is 1.86 bits per heavy atom. The molecule has 0 radical (unpaired) electrons. The summed E-state index contributed by atoms with van der Waals surface area (Å²) < 4.78 is 5.43. The topological polar surface area (TPSA) is 84.6 Å². The van der Waals surface area contributed by atoms with Crippen molar-refractivity contribution in [3.63, 3.8) is 0 Å². The summed E-state index contributed by atoms with van der Waals surface area (Å²) in [4.78, 5) is 25.3. The van der Waals surface area contributed by atoms with Crippen molar-refractivity contribution in [2.24, 2.45) is 5.73 Å². The van der Waals surface area contributed by atoms with Crippen LogP contribution in [0.3, 0.4) is 0 Å². The van der Waals surface area contributed by atoms with Gasteiger partial charge in [-0.3, -0.25) is 4.98 Å². The minimum absolute atomic E-state index is 0.270. The molecule has 0 unspecified atom stereocenters. The molecular weight excluding hydrogens is 354 g/mol. The van der Waals surface area contributed by atoms with E-state index in [4.69, 9.17) is 15.5 Å². The molecule has 1 amide bonds. The fourth-order valence-corrected chi connectivity index (χ4v) is 3.26. The Labute approximate surface area is 163 Å². The Hall–Kier alpha value is -3.19. The lowest BCUT2D eigenvalue weighted by molar-refractivity contribution is 0.0941. The highest BCUT2D eigenvalue weighted by atomic mass is 16.6. The Bertz CT molecular complexity index is 955. The molecule has 0 spiro atoms. The number of nitrogens with two attached hydrogens (primary N) is 1. The number of hydrogen-bond donors (Lipinski definition) is 1. The summed E-state index contributed by atoms with van der Waals surface area (Å²) in [5.74, 6) is 0.902. The smallest absolute Gasteiger partial charge is 0.410 e. The van der Waals surface area contributed by atoms with Gasteiger partial charge in [0, 0.05) is 44.3 Å². The van der Waals surface area contributed by atoms with Crippen LogP contribution in [0.2, 0.25) is 0 Å². The highest BCUT2D eigenvalue weighted by molar-refractivity contribution is 5.80. The molecule has 3 aromatic rings. The zero-order valence-electron chi connectivity index (χ0n) is 15.6. The maximum Gasteiger partial charge on any atom is 0.410 e. The molecule has 7 nitrogen and oxygen atoms in total. The van der Waals surface area contributed by atoms with E-state index >= 15 is 0 Å². The van der Waals surface area contributed by atoms with E-state index in [2.05, 4.69) is 9.88 Å². The number of piperazine rings is 1. The molecule has 28 heavy (non-hydrogen) atoms. The van der Waals surface area contributed by atoms with Crippen molar-refractivity contribution in [3.8, 4) is 0 Å². The second-order valence-electron chi connectivity index (χ2n) is 6.76. The number of rotatable bonds is 4. The Balaban J connectivity index is 1.35. The molecule has 1 fully saturated rings. The Kier molecular flexibility index (Phi) is 5.34. The maximum atomic E-state index is 12.3. The number of benzene rings is 1. The van der Waals surface area contributed by atoms with Crippen molar-refractivity contribution in [2.45, 2.75) is 13.2 Å². The van der Waals surface area contributed by atoms with E-state index in [0.29, 0.717) is 39.3 Å². The van der Waals surface area contributed by atoms with Gasteiger partial charge in [0.25, 0.3) is 0 Å². The van der Waals surface area contributed by atoms with Gasteiger partial charge in [-0.25, -0.2) is 9.78 Å². The molecule has 1 aromatic carbocycles. The highest BCUT2D eigenvalue weighted by Crippen LogP contribution is 2.20. The van der Waals surface area contributed by atoms with Crippen LogP contribution >= 0.6 is 0 Å². The van der Waals surface area contributed by atoms with Gasteiger partial charge in [0.05, 0.1) is 11.2 Å². The van der Waals surface area contributed by atoms with E-state index in [9.17, 15) is 4.79 Å². The molecule has 2 aromatic heterocycles. The van der Waals surface area contributed by atoms with Gasteiger partial charge < -0.3 is 20.3 Å². The predicted molar refractivity (Wildman–Crippen MR) is 108 cm³/mol. The highest BCUT2D eigenvalue weighted by Gasteiger charge is 2.23. The molecule has 1 saturated heterocycles. The predicted octanol–water partition coefficient (Wildman–Crippen LogP) is 2.55. The number of anilines is 1. The first-order valence-corrected chi connectivity index (χ1v) is 9.39. The molecule has 3 heterocycles. The van der Waals surface area contributed by atoms with E-state index in [0.717, 1.165) is 28.0 Å². The molecule has 1 aliphatic heterocycles. The van der Waals surface area contributed by atoms with Gasteiger partial charge in [0.15, 0.2) is 0 Å². The van der Waals surface area contributed by atoms with Crippen LogP contribution in [0, 0.1) is 0 Å². The van der Waals surface area contributed by atoms with Gasteiger partial charge in [-0.1, -0.05) is 30.3 Å². The second kappa shape index (κ2) is 8.22. The van der Waals surface area contributed by atoms with Crippen LogP contribution < -0.4 is 10.6 Å². The SMILES string of the molecule is NCc1cc2nc(N3CCN(C(=O)OCc4ccccc4)CC3)ccc2cn1. The number of carbonyl (C=O) groups is 1. The fourth-order valence-electron chi connectivity index (χ4n) is 3.26. The van der Waals surface area contributed by atoms with E-state index in [1.807, 2.05) is 48.5 Å². The summed E-state index contributed by atoms with van der Waals surface area (Å²) >= 11 is 0. The second-order valence-corrected chi connectivity index (χ2v) is 6.76. The maximum absolute atomic E-state index is 12.3. The van der Waals surface area contributed by atoms with Crippen molar-refractivity contribution in [1.82, 2.24) is 14.9 Å². The third kappa shape index (κ3) is 4.04.